The number of hydrogen-bond donors (Lipinski definition) is 1. The third-order valence-electron chi connectivity index (χ3n) is 4.93. The SMILES string of the molecule is CCCC(=O)N1CCN(c2cccc(-c3c[nH]c4ncc(Cl)cc34)n2)CC1. The number of carbonyl (C=O) groups is 1. The summed E-state index contributed by atoms with van der Waals surface area (Å²) in [6.07, 6.45) is 5.08. The Hall–Kier alpha value is -2.60. The molecule has 0 spiro atoms. The first-order valence-electron chi connectivity index (χ1n) is 9.28. The summed E-state index contributed by atoms with van der Waals surface area (Å²) in [5.41, 5.74) is 2.66. The Kier molecular flexibility index (Phi) is 4.99. The van der Waals surface area contributed by atoms with E-state index in [0.717, 1.165) is 60.7 Å². The zero-order valence-corrected chi connectivity index (χ0v) is 16.0. The average molecular weight is 384 g/mol. The molecule has 7 heteroatoms. The second-order valence-corrected chi connectivity index (χ2v) is 7.19. The Morgan fingerprint density at radius 2 is 2.07 bits per heavy atom. The third-order valence-corrected chi connectivity index (χ3v) is 5.14. The smallest absolute Gasteiger partial charge is 0.222 e. The number of pyridine rings is 2. The van der Waals surface area contributed by atoms with Crippen molar-refractivity contribution in [3.63, 3.8) is 0 Å². The number of aromatic amines is 1. The van der Waals surface area contributed by atoms with Gasteiger partial charge in [-0.25, -0.2) is 9.97 Å². The van der Waals surface area contributed by atoms with Crippen LogP contribution in [0, 0.1) is 0 Å². The minimum atomic E-state index is 0.252. The number of aromatic nitrogens is 3. The Bertz CT molecular complexity index is 962. The summed E-state index contributed by atoms with van der Waals surface area (Å²) in [5.74, 6) is 1.18. The van der Waals surface area contributed by atoms with E-state index in [1.807, 2.05) is 42.3 Å². The van der Waals surface area contributed by atoms with E-state index in [-0.39, 0.29) is 5.91 Å². The zero-order valence-electron chi connectivity index (χ0n) is 15.3. The predicted molar refractivity (Wildman–Crippen MR) is 108 cm³/mol. The zero-order chi connectivity index (χ0) is 18.8. The summed E-state index contributed by atoms with van der Waals surface area (Å²) in [4.78, 5) is 28.6. The van der Waals surface area contributed by atoms with Gasteiger partial charge in [-0.15, -0.1) is 0 Å². The molecule has 1 aliphatic rings. The van der Waals surface area contributed by atoms with Gasteiger partial charge < -0.3 is 14.8 Å². The number of halogens is 1. The number of H-pyrrole nitrogens is 1. The van der Waals surface area contributed by atoms with Crippen LogP contribution in [0.2, 0.25) is 5.02 Å². The molecule has 1 aliphatic heterocycles. The summed E-state index contributed by atoms with van der Waals surface area (Å²) in [7, 11) is 0. The summed E-state index contributed by atoms with van der Waals surface area (Å²) in [6.45, 7) is 5.13. The van der Waals surface area contributed by atoms with Crippen LogP contribution in [0.15, 0.2) is 36.7 Å². The topological polar surface area (TPSA) is 65.1 Å². The van der Waals surface area contributed by atoms with Crippen LogP contribution in [0.25, 0.3) is 22.3 Å². The molecule has 1 saturated heterocycles. The molecule has 4 heterocycles. The molecule has 140 valence electrons. The van der Waals surface area contributed by atoms with E-state index in [0.29, 0.717) is 11.4 Å². The van der Waals surface area contributed by atoms with Gasteiger partial charge in [0.2, 0.25) is 5.91 Å². The van der Waals surface area contributed by atoms with E-state index in [9.17, 15) is 4.79 Å². The quantitative estimate of drug-likeness (QED) is 0.745. The number of nitrogens with one attached hydrogen (secondary N) is 1. The minimum Gasteiger partial charge on any atom is -0.353 e. The highest BCUT2D eigenvalue weighted by Gasteiger charge is 2.21. The second kappa shape index (κ2) is 7.56. The maximum Gasteiger partial charge on any atom is 0.222 e. The Balaban J connectivity index is 1.55. The summed E-state index contributed by atoms with van der Waals surface area (Å²) in [5, 5.41) is 1.56. The average Bonchev–Trinajstić information content (AvgIpc) is 3.11. The molecule has 1 amide bonds. The fraction of sp³-hybridized carbons (Fsp3) is 0.350. The van der Waals surface area contributed by atoms with Crippen molar-refractivity contribution in [1.29, 1.82) is 0 Å². The van der Waals surface area contributed by atoms with Gasteiger partial charge in [-0.1, -0.05) is 24.6 Å². The van der Waals surface area contributed by atoms with E-state index >= 15 is 0 Å². The Morgan fingerprint density at radius 1 is 1.26 bits per heavy atom. The number of hydrogen-bond acceptors (Lipinski definition) is 4. The molecule has 0 bridgehead atoms. The van der Waals surface area contributed by atoms with Crippen molar-refractivity contribution in [3.8, 4) is 11.3 Å². The van der Waals surface area contributed by atoms with Crippen LogP contribution in [0.5, 0.6) is 0 Å². The lowest BCUT2D eigenvalue weighted by Crippen LogP contribution is -2.49. The molecule has 27 heavy (non-hydrogen) atoms. The standard InChI is InChI=1S/C20H22ClN5O/c1-2-4-19(27)26-9-7-25(8-10-26)18-6-3-5-17(24-18)16-13-23-20-15(16)11-14(21)12-22-20/h3,5-6,11-13H,2,4,7-10H2,1H3,(H,22,23). The maximum absolute atomic E-state index is 12.1. The van der Waals surface area contributed by atoms with Crippen LogP contribution in [0.3, 0.4) is 0 Å². The summed E-state index contributed by atoms with van der Waals surface area (Å²) >= 11 is 6.11. The number of anilines is 1. The first-order chi connectivity index (χ1) is 13.2. The first kappa shape index (κ1) is 17.8. The van der Waals surface area contributed by atoms with Gasteiger partial charge in [0.25, 0.3) is 0 Å². The van der Waals surface area contributed by atoms with Gasteiger partial charge in [-0.05, 0) is 24.6 Å². The molecule has 3 aromatic heterocycles. The van der Waals surface area contributed by atoms with E-state index in [1.165, 1.54) is 0 Å². The number of nitrogens with zero attached hydrogens (tertiary/aromatic N) is 4. The Morgan fingerprint density at radius 3 is 2.85 bits per heavy atom. The maximum atomic E-state index is 12.1. The fourth-order valence-corrected chi connectivity index (χ4v) is 3.65. The molecule has 0 aromatic carbocycles. The molecule has 4 rings (SSSR count). The van der Waals surface area contributed by atoms with Crippen LogP contribution in [0.1, 0.15) is 19.8 Å². The molecule has 1 N–H and O–H groups in total. The molecular formula is C20H22ClN5O. The summed E-state index contributed by atoms with van der Waals surface area (Å²) in [6, 6.07) is 7.94. The molecule has 1 fully saturated rings. The van der Waals surface area contributed by atoms with Crippen molar-refractivity contribution in [3.05, 3.63) is 41.7 Å². The van der Waals surface area contributed by atoms with Crippen molar-refractivity contribution in [1.82, 2.24) is 19.9 Å². The van der Waals surface area contributed by atoms with Gasteiger partial charge in [0, 0.05) is 55.9 Å². The molecular weight excluding hydrogens is 362 g/mol. The number of piperazine rings is 1. The first-order valence-corrected chi connectivity index (χ1v) is 9.66. The molecule has 0 atom stereocenters. The fourth-order valence-electron chi connectivity index (χ4n) is 3.50. The van der Waals surface area contributed by atoms with Gasteiger partial charge in [0.05, 0.1) is 10.7 Å². The number of fused-ring (bicyclic) bond motifs is 1. The van der Waals surface area contributed by atoms with Crippen molar-refractivity contribution < 1.29 is 4.79 Å². The van der Waals surface area contributed by atoms with Crippen molar-refractivity contribution in [2.24, 2.45) is 0 Å². The van der Waals surface area contributed by atoms with Gasteiger partial charge >= 0.3 is 0 Å². The minimum absolute atomic E-state index is 0.252. The molecule has 0 radical (unpaired) electrons. The van der Waals surface area contributed by atoms with Crippen molar-refractivity contribution in [2.45, 2.75) is 19.8 Å². The largest absolute Gasteiger partial charge is 0.353 e. The normalized spacial score (nSPS) is 14.7. The number of amides is 1. The molecule has 6 nitrogen and oxygen atoms in total. The lowest BCUT2D eigenvalue weighted by atomic mass is 10.1. The summed E-state index contributed by atoms with van der Waals surface area (Å²) < 4.78 is 0. The van der Waals surface area contributed by atoms with Gasteiger partial charge in [0.1, 0.15) is 11.5 Å². The number of rotatable bonds is 4. The highest BCUT2D eigenvalue weighted by molar-refractivity contribution is 6.31. The Labute approximate surface area is 163 Å². The number of carbonyl (C=O) groups excluding carboxylic acids is 1. The molecule has 3 aromatic rings. The highest BCUT2D eigenvalue weighted by atomic mass is 35.5. The van der Waals surface area contributed by atoms with Crippen molar-refractivity contribution >= 4 is 34.4 Å². The van der Waals surface area contributed by atoms with Crippen LogP contribution >= 0.6 is 11.6 Å². The monoisotopic (exact) mass is 383 g/mol. The molecule has 0 unspecified atom stereocenters. The van der Waals surface area contributed by atoms with E-state index in [4.69, 9.17) is 16.6 Å². The van der Waals surface area contributed by atoms with Crippen LogP contribution in [-0.2, 0) is 4.79 Å². The third kappa shape index (κ3) is 3.62. The van der Waals surface area contributed by atoms with Gasteiger partial charge in [-0.3, -0.25) is 4.79 Å². The van der Waals surface area contributed by atoms with Crippen LogP contribution in [-0.4, -0.2) is 51.9 Å². The lowest BCUT2D eigenvalue weighted by Gasteiger charge is -2.35. The van der Waals surface area contributed by atoms with E-state index in [1.54, 1.807) is 6.20 Å². The van der Waals surface area contributed by atoms with Crippen molar-refractivity contribution in [2.75, 3.05) is 31.1 Å². The van der Waals surface area contributed by atoms with E-state index in [2.05, 4.69) is 14.9 Å². The van der Waals surface area contributed by atoms with Gasteiger partial charge in [0.15, 0.2) is 0 Å². The highest BCUT2D eigenvalue weighted by Crippen LogP contribution is 2.29. The molecule has 0 aliphatic carbocycles. The second-order valence-electron chi connectivity index (χ2n) is 6.75. The molecule has 0 saturated carbocycles. The van der Waals surface area contributed by atoms with Gasteiger partial charge in [-0.2, -0.15) is 0 Å². The lowest BCUT2D eigenvalue weighted by molar-refractivity contribution is -0.131. The van der Waals surface area contributed by atoms with Crippen LogP contribution < -0.4 is 4.90 Å². The predicted octanol–water partition coefficient (Wildman–Crippen LogP) is 3.73. The van der Waals surface area contributed by atoms with E-state index < -0.39 is 0 Å². The van der Waals surface area contributed by atoms with Crippen LogP contribution in [0.4, 0.5) is 5.82 Å².